The van der Waals surface area contributed by atoms with Gasteiger partial charge in [-0.25, -0.2) is 12.8 Å². The Hall–Kier alpha value is -1.96. The third-order valence-corrected chi connectivity index (χ3v) is 7.99. The van der Waals surface area contributed by atoms with Crippen molar-refractivity contribution in [1.82, 2.24) is 9.21 Å². The topological polar surface area (TPSA) is 49.9 Å². The maximum absolute atomic E-state index is 13.2. The molecule has 2 fully saturated rings. The van der Waals surface area contributed by atoms with E-state index in [0.29, 0.717) is 13.1 Å². The molecule has 2 aromatic rings. The van der Waals surface area contributed by atoms with Crippen molar-refractivity contribution in [2.24, 2.45) is 5.41 Å². The van der Waals surface area contributed by atoms with Crippen LogP contribution in [-0.2, 0) is 16.6 Å². The number of piperidine rings is 1. The minimum atomic E-state index is -3.58. The Labute approximate surface area is 172 Å². The molecule has 0 N–H and O–H groups in total. The SMILES string of the molecule is COc1cccc(CN2CCC[C@]3(CCN(S(=O)(=O)c4ccc(F)cc4)C3)C2)c1. The second-order valence-electron chi connectivity index (χ2n) is 8.21. The van der Waals surface area contributed by atoms with Crippen LogP contribution in [-0.4, -0.2) is 50.9 Å². The number of rotatable bonds is 5. The predicted octanol–water partition coefficient (Wildman–Crippen LogP) is 3.51. The molecule has 2 aliphatic rings. The van der Waals surface area contributed by atoms with Crippen LogP contribution < -0.4 is 4.74 Å². The monoisotopic (exact) mass is 418 g/mol. The van der Waals surface area contributed by atoms with Gasteiger partial charge in [-0.3, -0.25) is 4.90 Å². The second kappa shape index (κ2) is 8.05. The van der Waals surface area contributed by atoms with E-state index >= 15 is 0 Å². The van der Waals surface area contributed by atoms with Gasteiger partial charge in [-0.15, -0.1) is 0 Å². The number of likely N-dealkylation sites (tertiary alicyclic amines) is 1. The Morgan fingerprint density at radius 2 is 1.86 bits per heavy atom. The van der Waals surface area contributed by atoms with Crippen molar-refractivity contribution in [1.29, 1.82) is 0 Å². The summed E-state index contributed by atoms with van der Waals surface area (Å²) in [4.78, 5) is 2.59. The van der Waals surface area contributed by atoms with Crippen molar-refractivity contribution in [3.63, 3.8) is 0 Å². The average molecular weight is 419 g/mol. The van der Waals surface area contributed by atoms with Crippen molar-refractivity contribution in [2.45, 2.75) is 30.7 Å². The molecule has 7 heteroatoms. The summed E-state index contributed by atoms with van der Waals surface area (Å²) in [6.07, 6.45) is 2.97. The fourth-order valence-electron chi connectivity index (χ4n) is 4.66. The Morgan fingerprint density at radius 1 is 1.07 bits per heavy atom. The molecule has 2 aliphatic heterocycles. The first-order chi connectivity index (χ1) is 13.9. The van der Waals surface area contributed by atoms with Crippen LogP contribution in [0.2, 0.25) is 0 Å². The van der Waals surface area contributed by atoms with Crippen molar-refractivity contribution in [3.8, 4) is 5.75 Å². The zero-order valence-electron chi connectivity index (χ0n) is 16.7. The van der Waals surface area contributed by atoms with Crippen molar-refractivity contribution < 1.29 is 17.5 Å². The maximum atomic E-state index is 13.2. The van der Waals surface area contributed by atoms with Gasteiger partial charge < -0.3 is 4.74 Å². The normalized spacial score (nSPS) is 23.5. The molecule has 0 saturated carbocycles. The van der Waals surface area contributed by atoms with Crippen LogP contribution in [0.5, 0.6) is 5.75 Å². The van der Waals surface area contributed by atoms with E-state index in [-0.39, 0.29) is 10.3 Å². The highest BCUT2D eigenvalue weighted by molar-refractivity contribution is 7.89. The third kappa shape index (κ3) is 4.32. The van der Waals surface area contributed by atoms with Gasteiger partial charge in [-0.1, -0.05) is 12.1 Å². The minimum Gasteiger partial charge on any atom is -0.497 e. The molecule has 0 amide bonds. The molecule has 0 radical (unpaired) electrons. The van der Waals surface area contributed by atoms with Gasteiger partial charge in [0.1, 0.15) is 11.6 Å². The van der Waals surface area contributed by atoms with E-state index < -0.39 is 15.8 Å². The lowest BCUT2D eigenvalue weighted by molar-refractivity contribution is 0.0934. The fourth-order valence-corrected chi connectivity index (χ4v) is 6.22. The first kappa shape index (κ1) is 20.3. The highest BCUT2D eigenvalue weighted by Gasteiger charge is 2.45. The molecule has 5 nitrogen and oxygen atoms in total. The van der Waals surface area contributed by atoms with Gasteiger partial charge in [0.25, 0.3) is 0 Å². The lowest BCUT2D eigenvalue weighted by atomic mass is 9.79. The summed E-state index contributed by atoms with van der Waals surface area (Å²) in [5.74, 6) is 0.425. The van der Waals surface area contributed by atoms with E-state index in [4.69, 9.17) is 4.74 Å². The summed E-state index contributed by atoms with van der Waals surface area (Å²) in [5.41, 5.74) is 1.19. The molecule has 2 saturated heterocycles. The Morgan fingerprint density at radius 3 is 2.62 bits per heavy atom. The summed E-state index contributed by atoms with van der Waals surface area (Å²) in [6, 6.07) is 13.2. The van der Waals surface area contributed by atoms with Crippen molar-refractivity contribution >= 4 is 10.0 Å². The summed E-state index contributed by atoms with van der Waals surface area (Å²) < 4.78 is 46.1. The van der Waals surface area contributed by atoms with Crippen LogP contribution in [0, 0.1) is 11.2 Å². The van der Waals surface area contributed by atoms with Crippen LogP contribution >= 0.6 is 0 Å². The molecule has 0 aliphatic carbocycles. The molecular weight excluding hydrogens is 391 g/mol. The zero-order chi connectivity index (χ0) is 20.5. The number of hydrogen-bond acceptors (Lipinski definition) is 4. The second-order valence-corrected chi connectivity index (χ2v) is 10.1. The van der Waals surface area contributed by atoms with E-state index in [1.165, 1.54) is 29.8 Å². The third-order valence-electron chi connectivity index (χ3n) is 6.14. The number of methoxy groups -OCH3 is 1. The summed E-state index contributed by atoms with van der Waals surface area (Å²) in [5, 5.41) is 0. The van der Waals surface area contributed by atoms with Crippen LogP contribution in [0.4, 0.5) is 4.39 Å². The van der Waals surface area contributed by atoms with Crippen LogP contribution in [0.3, 0.4) is 0 Å². The van der Waals surface area contributed by atoms with Gasteiger partial charge >= 0.3 is 0 Å². The summed E-state index contributed by atoms with van der Waals surface area (Å²) >= 11 is 0. The number of halogens is 1. The molecule has 2 aromatic carbocycles. The van der Waals surface area contributed by atoms with Gasteiger partial charge in [0.2, 0.25) is 10.0 Å². The molecule has 0 aromatic heterocycles. The van der Waals surface area contributed by atoms with Gasteiger partial charge in [0.15, 0.2) is 0 Å². The lowest BCUT2D eigenvalue weighted by Gasteiger charge is -2.40. The maximum Gasteiger partial charge on any atom is 0.243 e. The van der Waals surface area contributed by atoms with E-state index in [0.717, 1.165) is 44.6 Å². The number of hydrogen-bond donors (Lipinski definition) is 0. The Kier molecular flexibility index (Phi) is 5.64. The van der Waals surface area contributed by atoms with E-state index in [1.54, 1.807) is 11.4 Å². The number of nitrogens with zero attached hydrogens (tertiary/aromatic N) is 2. The smallest absolute Gasteiger partial charge is 0.243 e. The van der Waals surface area contributed by atoms with Crippen LogP contribution in [0.25, 0.3) is 0 Å². The molecule has 0 bridgehead atoms. The molecule has 0 unspecified atom stereocenters. The van der Waals surface area contributed by atoms with Gasteiger partial charge in [-0.05, 0) is 73.2 Å². The Bertz CT molecular complexity index is 964. The molecule has 1 spiro atoms. The van der Waals surface area contributed by atoms with Crippen LogP contribution in [0.15, 0.2) is 53.4 Å². The van der Waals surface area contributed by atoms with E-state index in [2.05, 4.69) is 17.0 Å². The van der Waals surface area contributed by atoms with Gasteiger partial charge in [-0.2, -0.15) is 4.31 Å². The molecule has 29 heavy (non-hydrogen) atoms. The van der Waals surface area contributed by atoms with Crippen molar-refractivity contribution in [3.05, 3.63) is 59.9 Å². The average Bonchev–Trinajstić information content (AvgIpc) is 3.12. The zero-order valence-corrected chi connectivity index (χ0v) is 17.5. The molecule has 2 heterocycles. The standard InChI is InChI=1S/C22H27FN2O3S/c1-28-20-5-2-4-18(14-20)15-24-12-3-10-22(16-24)11-13-25(17-22)29(26,27)21-8-6-19(23)7-9-21/h2,4-9,14H,3,10-13,15-17H2,1H3/t22-/m0/s1. The molecular formula is C22H27FN2O3S. The van der Waals surface area contributed by atoms with E-state index in [9.17, 15) is 12.8 Å². The fraction of sp³-hybridized carbons (Fsp3) is 0.455. The first-order valence-corrected chi connectivity index (χ1v) is 11.5. The molecule has 4 rings (SSSR count). The minimum absolute atomic E-state index is 0.00971. The first-order valence-electron chi connectivity index (χ1n) is 10.0. The molecule has 1 atom stereocenters. The number of benzene rings is 2. The Balaban J connectivity index is 1.45. The van der Waals surface area contributed by atoms with Gasteiger partial charge in [0, 0.05) is 26.2 Å². The van der Waals surface area contributed by atoms with Gasteiger partial charge in [0.05, 0.1) is 12.0 Å². The summed E-state index contributed by atoms with van der Waals surface area (Å²) in [7, 11) is -1.91. The molecule has 156 valence electrons. The number of sulfonamides is 1. The highest BCUT2D eigenvalue weighted by atomic mass is 32.2. The van der Waals surface area contributed by atoms with E-state index in [1.807, 2.05) is 12.1 Å². The quantitative estimate of drug-likeness (QED) is 0.746. The van der Waals surface area contributed by atoms with Crippen molar-refractivity contribution in [2.75, 3.05) is 33.3 Å². The lowest BCUT2D eigenvalue weighted by Crippen LogP contribution is -2.45. The highest BCUT2D eigenvalue weighted by Crippen LogP contribution is 2.41. The predicted molar refractivity (Wildman–Crippen MR) is 110 cm³/mol. The largest absolute Gasteiger partial charge is 0.497 e. The summed E-state index contributed by atoms with van der Waals surface area (Å²) in [6.45, 7) is 3.79. The van der Waals surface area contributed by atoms with Crippen LogP contribution in [0.1, 0.15) is 24.8 Å². The number of ether oxygens (including phenoxy) is 1.